The van der Waals surface area contributed by atoms with Crippen LogP contribution in [0.15, 0.2) is 28.7 Å². The predicted octanol–water partition coefficient (Wildman–Crippen LogP) is 3.38. The zero-order chi connectivity index (χ0) is 10.6. The van der Waals surface area contributed by atoms with Gasteiger partial charge < -0.3 is 4.74 Å². The largest absolute Gasteiger partial charge is 0.492 e. The molecule has 0 saturated heterocycles. The zero-order valence-corrected chi connectivity index (χ0v) is 9.84. The van der Waals surface area contributed by atoms with Crippen LogP contribution in [0.1, 0.15) is 13.8 Å². The number of nitriles is 1. The molecule has 0 spiro atoms. The van der Waals surface area contributed by atoms with E-state index >= 15 is 0 Å². The molecule has 1 aromatic carbocycles. The molecule has 0 heterocycles. The Kier molecular flexibility index (Phi) is 3.54. The summed E-state index contributed by atoms with van der Waals surface area (Å²) in [5.41, 5.74) is -0.437. The molecule has 0 aliphatic rings. The van der Waals surface area contributed by atoms with E-state index in [1.54, 1.807) is 0 Å². The van der Waals surface area contributed by atoms with Crippen LogP contribution in [0.4, 0.5) is 0 Å². The van der Waals surface area contributed by atoms with Gasteiger partial charge in [-0.15, -0.1) is 0 Å². The van der Waals surface area contributed by atoms with Crippen LogP contribution >= 0.6 is 15.9 Å². The summed E-state index contributed by atoms with van der Waals surface area (Å²) in [6, 6.07) is 9.76. The molecule has 0 aliphatic carbocycles. The first-order valence-electron chi connectivity index (χ1n) is 4.33. The van der Waals surface area contributed by atoms with Crippen molar-refractivity contribution in [1.29, 1.82) is 5.26 Å². The lowest BCUT2D eigenvalue weighted by atomic mass is 9.98. The van der Waals surface area contributed by atoms with E-state index in [0.717, 1.165) is 10.2 Å². The molecule has 0 aromatic heterocycles. The van der Waals surface area contributed by atoms with Gasteiger partial charge in [0.2, 0.25) is 0 Å². The van der Waals surface area contributed by atoms with Gasteiger partial charge in [-0.2, -0.15) is 5.26 Å². The minimum Gasteiger partial charge on any atom is -0.492 e. The summed E-state index contributed by atoms with van der Waals surface area (Å²) >= 11 is 3.34. The summed E-state index contributed by atoms with van der Waals surface area (Å²) in [4.78, 5) is 0. The van der Waals surface area contributed by atoms with Crippen LogP contribution in [-0.4, -0.2) is 6.61 Å². The van der Waals surface area contributed by atoms with Crippen LogP contribution < -0.4 is 4.74 Å². The average Bonchev–Trinajstić information content (AvgIpc) is 2.17. The summed E-state index contributed by atoms with van der Waals surface area (Å²) in [5.74, 6) is 0.788. The normalized spacial score (nSPS) is 10.7. The Morgan fingerprint density at radius 3 is 2.43 bits per heavy atom. The monoisotopic (exact) mass is 253 g/mol. The molecule has 14 heavy (non-hydrogen) atoms. The van der Waals surface area contributed by atoms with Crippen molar-refractivity contribution in [3.05, 3.63) is 28.7 Å². The van der Waals surface area contributed by atoms with E-state index in [-0.39, 0.29) is 0 Å². The summed E-state index contributed by atoms with van der Waals surface area (Å²) in [6.07, 6.45) is 0. The Morgan fingerprint density at radius 1 is 1.36 bits per heavy atom. The van der Waals surface area contributed by atoms with Crippen molar-refractivity contribution in [2.24, 2.45) is 5.41 Å². The molecule has 0 fully saturated rings. The average molecular weight is 254 g/mol. The van der Waals surface area contributed by atoms with Crippen LogP contribution in [0.2, 0.25) is 0 Å². The predicted molar refractivity (Wildman–Crippen MR) is 59.0 cm³/mol. The summed E-state index contributed by atoms with van der Waals surface area (Å²) in [5, 5.41) is 8.78. The molecular weight excluding hydrogens is 242 g/mol. The van der Waals surface area contributed by atoms with Crippen molar-refractivity contribution in [3.63, 3.8) is 0 Å². The Bertz CT molecular complexity index is 337. The van der Waals surface area contributed by atoms with Crippen LogP contribution in [0.5, 0.6) is 5.75 Å². The van der Waals surface area contributed by atoms with E-state index in [1.165, 1.54) is 0 Å². The van der Waals surface area contributed by atoms with E-state index in [4.69, 9.17) is 10.00 Å². The van der Waals surface area contributed by atoms with Crippen molar-refractivity contribution in [3.8, 4) is 11.8 Å². The minimum absolute atomic E-state index is 0.408. The van der Waals surface area contributed by atoms with Crippen LogP contribution in [0.3, 0.4) is 0 Å². The van der Waals surface area contributed by atoms with Gasteiger partial charge in [0.1, 0.15) is 12.4 Å². The second-order valence-corrected chi connectivity index (χ2v) is 4.65. The third-order valence-corrected chi connectivity index (χ3v) is 2.24. The topological polar surface area (TPSA) is 33.0 Å². The van der Waals surface area contributed by atoms with E-state index in [0.29, 0.717) is 6.61 Å². The van der Waals surface area contributed by atoms with E-state index in [1.807, 2.05) is 38.1 Å². The minimum atomic E-state index is -0.437. The summed E-state index contributed by atoms with van der Waals surface area (Å²) in [7, 11) is 0. The van der Waals surface area contributed by atoms with E-state index in [9.17, 15) is 0 Å². The fourth-order valence-electron chi connectivity index (χ4n) is 0.827. The highest BCUT2D eigenvalue weighted by atomic mass is 79.9. The van der Waals surface area contributed by atoms with Gasteiger partial charge in [0.05, 0.1) is 11.5 Å². The second kappa shape index (κ2) is 4.47. The molecule has 0 saturated carbocycles. The standard InChI is InChI=1S/C11H12BrNO/c1-11(2,7-13)8-14-10-5-3-9(12)4-6-10/h3-6H,8H2,1-2H3. The Hall–Kier alpha value is -1.01. The molecule has 0 bridgehead atoms. The molecule has 0 aliphatic heterocycles. The van der Waals surface area contributed by atoms with Gasteiger partial charge in [-0.25, -0.2) is 0 Å². The number of rotatable bonds is 3. The van der Waals surface area contributed by atoms with Crippen molar-refractivity contribution < 1.29 is 4.74 Å². The molecule has 0 N–H and O–H groups in total. The summed E-state index contributed by atoms with van der Waals surface area (Å²) in [6.45, 7) is 4.11. The maximum Gasteiger partial charge on any atom is 0.119 e. The highest BCUT2D eigenvalue weighted by Crippen LogP contribution is 2.19. The van der Waals surface area contributed by atoms with Crippen molar-refractivity contribution in [2.45, 2.75) is 13.8 Å². The summed E-state index contributed by atoms with van der Waals surface area (Å²) < 4.78 is 6.49. The van der Waals surface area contributed by atoms with Crippen molar-refractivity contribution in [1.82, 2.24) is 0 Å². The van der Waals surface area contributed by atoms with Crippen molar-refractivity contribution >= 4 is 15.9 Å². The van der Waals surface area contributed by atoms with Gasteiger partial charge >= 0.3 is 0 Å². The van der Waals surface area contributed by atoms with Gasteiger partial charge in [-0.1, -0.05) is 15.9 Å². The van der Waals surface area contributed by atoms with Crippen LogP contribution in [0, 0.1) is 16.7 Å². The van der Waals surface area contributed by atoms with E-state index < -0.39 is 5.41 Å². The number of hydrogen-bond donors (Lipinski definition) is 0. The highest BCUT2D eigenvalue weighted by molar-refractivity contribution is 9.10. The third-order valence-electron chi connectivity index (χ3n) is 1.72. The van der Waals surface area contributed by atoms with Gasteiger partial charge in [0.25, 0.3) is 0 Å². The molecule has 0 atom stereocenters. The molecule has 74 valence electrons. The lowest BCUT2D eigenvalue weighted by molar-refractivity contribution is 0.227. The number of benzene rings is 1. The fourth-order valence-corrected chi connectivity index (χ4v) is 1.09. The second-order valence-electron chi connectivity index (χ2n) is 3.74. The number of nitrogens with zero attached hydrogens (tertiary/aromatic N) is 1. The van der Waals surface area contributed by atoms with Gasteiger partial charge in [0, 0.05) is 4.47 Å². The third kappa shape index (κ3) is 3.39. The molecule has 1 aromatic rings. The Balaban J connectivity index is 2.55. The van der Waals surface area contributed by atoms with Gasteiger partial charge in [-0.3, -0.25) is 0 Å². The molecular formula is C11H12BrNO. The molecule has 2 nitrogen and oxygen atoms in total. The van der Waals surface area contributed by atoms with Crippen molar-refractivity contribution in [2.75, 3.05) is 6.61 Å². The van der Waals surface area contributed by atoms with Crippen LogP contribution in [0.25, 0.3) is 0 Å². The molecule has 1 rings (SSSR count). The first-order valence-corrected chi connectivity index (χ1v) is 5.12. The zero-order valence-electron chi connectivity index (χ0n) is 8.25. The smallest absolute Gasteiger partial charge is 0.119 e. The highest BCUT2D eigenvalue weighted by Gasteiger charge is 2.17. The Morgan fingerprint density at radius 2 is 1.93 bits per heavy atom. The SMILES string of the molecule is CC(C)(C#N)COc1ccc(Br)cc1. The van der Waals surface area contributed by atoms with E-state index in [2.05, 4.69) is 22.0 Å². The van der Waals surface area contributed by atoms with Gasteiger partial charge in [0.15, 0.2) is 0 Å². The lowest BCUT2D eigenvalue weighted by Gasteiger charge is -2.15. The van der Waals surface area contributed by atoms with Crippen LogP contribution in [-0.2, 0) is 0 Å². The first kappa shape index (κ1) is 11.1. The molecule has 0 radical (unpaired) electrons. The number of halogens is 1. The lowest BCUT2D eigenvalue weighted by Crippen LogP contribution is -2.18. The quantitative estimate of drug-likeness (QED) is 0.828. The molecule has 3 heteroatoms. The number of ether oxygens (including phenoxy) is 1. The fraction of sp³-hybridized carbons (Fsp3) is 0.364. The molecule has 0 amide bonds. The maximum atomic E-state index is 8.78. The van der Waals surface area contributed by atoms with Gasteiger partial charge in [-0.05, 0) is 38.1 Å². The Labute approximate surface area is 92.6 Å². The molecule has 0 unspecified atom stereocenters. The number of hydrogen-bond acceptors (Lipinski definition) is 2. The first-order chi connectivity index (χ1) is 6.53. The maximum absolute atomic E-state index is 8.78.